The van der Waals surface area contributed by atoms with Crippen LogP contribution in [0.2, 0.25) is 0 Å². The normalized spacial score (nSPS) is 34.2. The molecule has 1 aliphatic heterocycles. The van der Waals surface area contributed by atoms with Crippen LogP contribution in [0.5, 0.6) is 0 Å². The van der Waals surface area contributed by atoms with Crippen molar-refractivity contribution < 1.29 is 9.53 Å². The number of esters is 1. The number of likely N-dealkylation sites (tertiary alicyclic amines) is 1. The molecule has 1 saturated carbocycles. The third-order valence-corrected chi connectivity index (χ3v) is 4.41. The third kappa shape index (κ3) is 3.69. The molecule has 0 spiro atoms. The summed E-state index contributed by atoms with van der Waals surface area (Å²) in [6.07, 6.45) is 7.32. The van der Waals surface area contributed by atoms with Gasteiger partial charge in [-0.05, 0) is 57.5 Å². The lowest BCUT2D eigenvalue weighted by Crippen LogP contribution is -2.47. The van der Waals surface area contributed by atoms with Gasteiger partial charge in [0.05, 0.1) is 0 Å². The second-order valence-electron chi connectivity index (χ2n) is 5.78. The molecule has 1 heterocycles. The number of hydrogen-bond donors (Lipinski definition) is 1. The highest BCUT2D eigenvalue weighted by molar-refractivity contribution is 5.66. The Bertz CT molecular complexity index is 275. The zero-order chi connectivity index (χ0) is 13.0. The van der Waals surface area contributed by atoms with Gasteiger partial charge < -0.3 is 10.5 Å². The Morgan fingerprint density at radius 1 is 1.28 bits per heavy atom. The molecule has 0 aromatic heterocycles. The van der Waals surface area contributed by atoms with E-state index in [9.17, 15) is 4.79 Å². The zero-order valence-electron chi connectivity index (χ0n) is 11.4. The van der Waals surface area contributed by atoms with Gasteiger partial charge in [0.25, 0.3) is 0 Å². The molecular weight excluding hydrogens is 228 g/mol. The second-order valence-corrected chi connectivity index (χ2v) is 5.78. The fourth-order valence-electron chi connectivity index (χ4n) is 3.37. The lowest BCUT2D eigenvalue weighted by Gasteiger charge is -2.40. The number of hydrogen-bond acceptors (Lipinski definition) is 4. The molecule has 2 fully saturated rings. The molecule has 18 heavy (non-hydrogen) atoms. The van der Waals surface area contributed by atoms with Crippen molar-refractivity contribution in [1.82, 2.24) is 4.90 Å². The number of nitrogens with two attached hydrogens (primary N) is 1. The summed E-state index contributed by atoms with van der Waals surface area (Å²) in [5.41, 5.74) is 5.73. The van der Waals surface area contributed by atoms with Crippen LogP contribution in [0.25, 0.3) is 0 Å². The molecule has 2 N–H and O–H groups in total. The maximum Gasteiger partial charge on any atom is 0.302 e. The SMILES string of the molecule is CC(=O)OC1CCCN([C@H]2CC[C@H](CN)CC2)C1. The van der Waals surface area contributed by atoms with E-state index in [2.05, 4.69) is 4.90 Å². The van der Waals surface area contributed by atoms with Crippen molar-refractivity contribution in [3.8, 4) is 0 Å². The molecule has 4 heteroatoms. The Labute approximate surface area is 110 Å². The molecule has 1 atom stereocenters. The number of piperidine rings is 1. The van der Waals surface area contributed by atoms with Gasteiger partial charge in [0.15, 0.2) is 0 Å². The van der Waals surface area contributed by atoms with Crippen LogP contribution in [0.3, 0.4) is 0 Å². The highest BCUT2D eigenvalue weighted by Gasteiger charge is 2.30. The fraction of sp³-hybridized carbons (Fsp3) is 0.929. The predicted molar refractivity (Wildman–Crippen MR) is 71.2 cm³/mol. The lowest BCUT2D eigenvalue weighted by molar-refractivity contribution is -0.149. The van der Waals surface area contributed by atoms with Gasteiger partial charge in [0, 0.05) is 19.5 Å². The first kappa shape index (κ1) is 13.8. The molecule has 104 valence electrons. The van der Waals surface area contributed by atoms with Crippen LogP contribution in [0.4, 0.5) is 0 Å². The van der Waals surface area contributed by atoms with Crippen molar-refractivity contribution in [3.05, 3.63) is 0 Å². The zero-order valence-corrected chi connectivity index (χ0v) is 11.4. The van der Waals surface area contributed by atoms with Crippen LogP contribution >= 0.6 is 0 Å². The first-order valence-corrected chi connectivity index (χ1v) is 7.30. The van der Waals surface area contributed by atoms with Crippen molar-refractivity contribution in [3.63, 3.8) is 0 Å². The van der Waals surface area contributed by atoms with E-state index >= 15 is 0 Å². The molecule has 0 radical (unpaired) electrons. The number of nitrogens with zero attached hydrogens (tertiary/aromatic N) is 1. The summed E-state index contributed by atoms with van der Waals surface area (Å²) in [5, 5.41) is 0. The van der Waals surface area contributed by atoms with Crippen LogP contribution < -0.4 is 5.73 Å². The minimum absolute atomic E-state index is 0.114. The summed E-state index contributed by atoms with van der Waals surface area (Å²) in [6, 6.07) is 0.686. The number of ether oxygens (including phenoxy) is 1. The molecule has 1 saturated heterocycles. The monoisotopic (exact) mass is 254 g/mol. The van der Waals surface area contributed by atoms with Gasteiger partial charge in [0.2, 0.25) is 0 Å². The first-order valence-electron chi connectivity index (χ1n) is 7.30. The number of carbonyl (C=O) groups excluding carboxylic acids is 1. The molecule has 0 bridgehead atoms. The van der Waals surface area contributed by atoms with Gasteiger partial charge in [0.1, 0.15) is 6.10 Å². The summed E-state index contributed by atoms with van der Waals surface area (Å²) in [7, 11) is 0. The van der Waals surface area contributed by atoms with Crippen molar-refractivity contribution in [2.45, 2.75) is 57.6 Å². The highest BCUT2D eigenvalue weighted by atomic mass is 16.5. The van der Waals surface area contributed by atoms with Gasteiger partial charge >= 0.3 is 5.97 Å². The van der Waals surface area contributed by atoms with E-state index in [-0.39, 0.29) is 12.1 Å². The van der Waals surface area contributed by atoms with E-state index in [0.29, 0.717) is 6.04 Å². The van der Waals surface area contributed by atoms with E-state index in [1.54, 1.807) is 0 Å². The molecule has 0 aromatic carbocycles. The Morgan fingerprint density at radius 3 is 2.61 bits per heavy atom. The predicted octanol–water partition coefficient (Wildman–Crippen LogP) is 1.53. The Kier molecular flexibility index (Phi) is 5.01. The minimum Gasteiger partial charge on any atom is -0.461 e. The standard InChI is InChI=1S/C14H26N2O2/c1-11(17)18-14-3-2-8-16(10-14)13-6-4-12(9-15)5-7-13/h12-14H,2-10,15H2,1H3/t12-,13-,14?. The van der Waals surface area contributed by atoms with E-state index in [4.69, 9.17) is 10.5 Å². The van der Waals surface area contributed by atoms with Crippen LogP contribution in [-0.2, 0) is 9.53 Å². The van der Waals surface area contributed by atoms with Gasteiger partial charge in [-0.3, -0.25) is 9.69 Å². The minimum atomic E-state index is -0.145. The van der Waals surface area contributed by atoms with Gasteiger partial charge in [-0.1, -0.05) is 0 Å². The highest BCUT2D eigenvalue weighted by Crippen LogP contribution is 2.29. The van der Waals surface area contributed by atoms with Gasteiger partial charge in [-0.25, -0.2) is 0 Å². The van der Waals surface area contributed by atoms with Crippen LogP contribution in [-0.4, -0.2) is 42.6 Å². The Morgan fingerprint density at radius 2 is 2.00 bits per heavy atom. The van der Waals surface area contributed by atoms with Crippen molar-refractivity contribution >= 4 is 5.97 Å². The van der Waals surface area contributed by atoms with Crippen molar-refractivity contribution in [2.24, 2.45) is 11.7 Å². The van der Waals surface area contributed by atoms with E-state index < -0.39 is 0 Å². The van der Waals surface area contributed by atoms with Crippen LogP contribution in [0.15, 0.2) is 0 Å². The maximum atomic E-state index is 11.0. The topological polar surface area (TPSA) is 55.6 Å². The number of rotatable bonds is 3. The second kappa shape index (κ2) is 6.53. The van der Waals surface area contributed by atoms with Crippen LogP contribution in [0.1, 0.15) is 45.4 Å². The van der Waals surface area contributed by atoms with Crippen molar-refractivity contribution in [1.29, 1.82) is 0 Å². The fourth-order valence-corrected chi connectivity index (χ4v) is 3.37. The number of carbonyl (C=O) groups is 1. The van der Waals surface area contributed by atoms with E-state index in [1.807, 2.05) is 0 Å². The summed E-state index contributed by atoms with van der Waals surface area (Å²) in [5.74, 6) is 0.587. The molecule has 0 aromatic rings. The quantitative estimate of drug-likeness (QED) is 0.776. The molecule has 2 rings (SSSR count). The summed E-state index contributed by atoms with van der Waals surface area (Å²) in [6.45, 7) is 4.43. The van der Waals surface area contributed by atoms with E-state index in [0.717, 1.165) is 38.4 Å². The van der Waals surface area contributed by atoms with Gasteiger partial charge in [-0.2, -0.15) is 0 Å². The molecule has 1 unspecified atom stereocenters. The summed E-state index contributed by atoms with van der Waals surface area (Å²) >= 11 is 0. The summed E-state index contributed by atoms with van der Waals surface area (Å²) in [4.78, 5) is 13.6. The smallest absolute Gasteiger partial charge is 0.302 e. The summed E-state index contributed by atoms with van der Waals surface area (Å²) < 4.78 is 5.35. The average Bonchev–Trinajstić information content (AvgIpc) is 2.38. The largest absolute Gasteiger partial charge is 0.461 e. The lowest BCUT2D eigenvalue weighted by atomic mass is 9.84. The Balaban J connectivity index is 1.80. The molecule has 1 aliphatic carbocycles. The van der Waals surface area contributed by atoms with Gasteiger partial charge in [-0.15, -0.1) is 0 Å². The van der Waals surface area contributed by atoms with Crippen LogP contribution in [0, 0.1) is 5.92 Å². The third-order valence-electron chi connectivity index (χ3n) is 4.41. The Hall–Kier alpha value is -0.610. The molecule has 0 amide bonds. The maximum absolute atomic E-state index is 11.0. The molecule has 2 aliphatic rings. The molecule has 4 nitrogen and oxygen atoms in total. The van der Waals surface area contributed by atoms with E-state index in [1.165, 1.54) is 32.6 Å². The first-order chi connectivity index (χ1) is 8.69. The van der Waals surface area contributed by atoms with Crippen molar-refractivity contribution in [2.75, 3.05) is 19.6 Å². The average molecular weight is 254 g/mol. The molecular formula is C14H26N2O2.